The van der Waals surface area contributed by atoms with Crippen molar-refractivity contribution >= 4 is 45.7 Å². The van der Waals surface area contributed by atoms with E-state index in [0.29, 0.717) is 31.8 Å². The molecule has 0 bridgehead atoms. The zero-order valence-corrected chi connectivity index (χ0v) is 14.9. The molecule has 2 aromatic rings. The number of halogens is 1. The number of benzene rings is 1. The molecule has 0 saturated heterocycles. The zero-order chi connectivity index (χ0) is 16.8. The number of anilines is 1. The van der Waals surface area contributed by atoms with Crippen LogP contribution in [-0.4, -0.2) is 12.6 Å². The molecule has 0 atom stereocenters. The highest BCUT2D eigenvalue weighted by atomic mass is 35.5. The first-order valence-corrected chi connectivity index (χ1v) is 9.22. The lowest BCUT2D eigenvalue weighted by molar-refractivity contribution is 0.0531. The van der Waals surface area contributed by atoms with Crippen LogP contribution in [0.25, 0.3) is 0 Å². The highest BCUT2D eigenvalue weighted by Crippen LogP contribution is 2.34. The number of rotatable bonds is 6. The molecule has 1 aromatic carbocycles. The standard InChI is InChI=1S/C16H15ClN2O2S2/c1-2-21-16(20)14-13(12(7-18)15(19)23-14)9-22-8-10-3-5-11(17)6-4-10/h3-6H,2,8-9,19H2,1H3. The average Bonchev–Trinajstić information content (AvgIpc) is 2.85. The van der Waals surface area contributed by atoms with Crippen LogP contribution in [-0.2, 0) is 16.2 Å². The summed E-state index contributed by atoms with van der Waals surface area (Å²) in [6.07, 6.45) is 0. The Kier molecular flexibility index (Phi) is 6.34. The van der Waals surface area contributed by atoms with Gasteiger partial charge in [-0.25, -0.2) is 4.79 Å². The lowest BCUT2D eigenvalue weighted by atomic mass is 10.2. The SMILES string of the molecule is CCOC(=O)c1sc(N)c(C#N)c1CSCc1ccc(Cl)cc1. The van der Waals surface area contributed by atoms with Gasteiger partial charge in [0.15, 0.2) is 0 Å². The second-order valence-corrected chi connectivity index (χ2v) is 7.07. The molecule has 0 amide bonds. The number of hydrogen-bond acceptors (Lipinski definition) is 6. The fraction of sp³-hybridized carbons (Fsp3) is 0.250. The predicted molar refractivity (Wildman–Crippen MR) is 95.9 cm³/mol. The van der Waals surface area contributed by atoms with E-state index in [4.69, 9.17) is 22.1 Å². The van der Waals surface area contributed by atoms with Gasteiger partial charge in [0.2, 0.25) is 0 Å². The lowest BCUT2D eigenvalue weighted by Gasteiger charge is -2.05. The summed E-state index contributed by atoms with van der Waals surface area (Å²) in [6, 6.07) is 9.67. The molecule has 0 spiro atoms. The second kappa shape index (κ2) is 8.25. The number of nitrogen functional groups attached to an aromatic ring is 1. The summed E-state index contributed by atoms with van der Waals surface area (Å²) < 4.78 is 5.04. The Bertz CT molecular complexity index is 736. The monoisotopic (exact) mass is 366 g/mol. The third-order valence-electron chi connectivity index (χ3n) is 3.04. The molecule has 0 aliphatic heterocycles. The third kappa shape index (κ3) is 4.41. The van der Waals surface area contributed by atoms with Crippen molar-refractivity contribution in [2.45, 2.75) is 18.4 Å². The first-order chi connectivity index (χ1) is 11.1. The van der Waals surface area contributed by atoms with Gasteiger partial charge in [-0.05, 0) is 24.6 Å². The minimum absolute atomic E-state index is 0.288. The maximum Gasteiger partial charge on any atom is 0.348 e. The van der Waals surface area contributed by atoms with Gasteiger partial charge in [0.25, 0.3) is 0 Å². The number of nitriles is 1. The molecule has 2 N–H and O–H groups in total. The van der Waals surface area contributed by atoms with Crippen molar-refractivity contribution in [3.63, 3.8) is 0 Å². The van der Waals surface area contributed by atoms with Crippen molar-refractivity contribution in [3.05, 3.63) is 50.9 Å². The largest absolute Gasteiger partial charge is 0.462 e. The summed E-state index contributed by atoms with van der Waals surface area (Å²) in [5.41, 5.74) is 8.01. The van der Waals surface area contributed by atoms with Crippen LogP contribution in [0, 0.1) is 11.3 Å². The highest BCUT2D eigenvalue weighted by molar-refractivity contribution is 7.97. The van der Waals surface area contributed by atoms with Crippen molar-refractivity contribution in [2.24, 2.45) is 0 Å². The van der Waals surface area contributed by atoms with Gasteiger partial charge in [-0.1, -0.05) is 23.7 Å². The van der Waals surface area contributed by atoms with Crippen molar-refractivity contribution in [1.29, 1.82) is 5.26 Å². The fourth-order valence-corrected chi connectivity index (χ4v) is 4.13. The Balaban J connectivity index is 2.13. The van der Waals surface area contributed by atoms with Crippen molar-refractivity contribution in [2.75, 3.05) is 12.3 Å². The molecule has 23 heavy (non-hydrogen) atoms. The van der Waals surface area contributed by atoms with Crippen molar-refractivity contribution in [1.82, 2.24) is 0 Å². The number of esters is 1. The van der Waals surface area contributed by atoms with E-state index in [0.717, 1.165) is 22.7 Å². The molecule has 0 aliphatic carbocycles. The number of hydrogen-bond donors (Lipinski definition) is 1. The molecule has 0 fully saturated rings. The molecule has 0 unspecified atom stereocenters. The van der Waals surface area contributed by atoms with Crippen LogP contribution >= 0.6 is 34.7 Å². The third-order valence-corrected chi connectivity index (χ3v) is 5.36. The maximum atomic E-state index is 12.0. The molecule has 1 heterocycles. The van der Waals surface area contributed by atoms with Gasteiger partial charge in [-0.3, -0.25) is 0 Å². The Morgan fingerprint density at radius 1 is 1.39 bits per heavy atom. The topological polar surface area (TPSA) is 76.1 Å². The predicted octanol–water partition coefficient (Wildman–Crippen LogP) is 4.47. The van der Waals surface area contributed by atoms with E-state index in [9.17, 15) is 10.1 Å². The van der Waals surface area contributed by atoms with Gasteiger partial charge in [0.1, 0.15) is 15.9 Å². The van der Waals surface area contributed by atoms with E-state index in [1.807, 2.05) is 24.3 Å². The highest BCUT2D eigenvalue weighted by Gasteiger charge is 2.22. The number of thiophene rings is 1. The quantitative estimate of drug-likeness (QED) is 0.763. The molecule has 2 rings (SSSR count). The van der Waals surface area contributed by atoms with Crippen LogP contribution in [0.2, 0.25) is 5.02 Å². The molecular formula is C16H15ClN2O2S2. The molecule has 1 aromatic heterocycles. The van der Waals surface area contributed by atoms with E-state index in [-0.39, 0.29) is 6.61 Å². The van der Waals surface area contributed by atoms with Crippen LogP contribution in [0.15, 0.2) is 24.3 Å². The van der Waals surface area contributed by atoms with E-state index < -0.39 is 5.97 Å². The molecule has 7 heteroatoms. The summed E-state index contributed by atoms with van der Waals surface area (Å²) in [6.45, 7) is 2.03. The number of ether oxygens (including phenoxy) is 1. The molecule has 0 radical (unpaired) electrons. The first-order valence-electron chi connectivity index (χ1n) is 6.87. The van der Waals surface area contributed by atoms with Crippen LogP contribution in [0.3, 0.4) is 0 Å². The van der Waals surface area contributed by atoms with Gasteiger partial charge >= 0.3 is 5.97 Å². The van der Waals surface area contributed by atoms with Gasteiger partial charge in [0, 0.05) is 22.1 Å². The lowest BCUT2D eigenvalue weighted by Crippen LogP contribution is -2.05. The van der Waals surface area contributed by atoms with Gasteiger partial charge in [-0.15, -0.1) is 11.3 Å². The Hall–Kier alpha value is -1.68. The average molecular weight is 367 g/mol. The number of carbonyl (C=O) groups is 1. The number of nitrogens with two attached hydrogens (primary N) is 1. The van der Waals surface area contributed by atoms with E-state index >= 15 is 0 Å². The summed E-state index contributed by atoms with van der Waals surface area (Å²) in [4.78, 5) is 12.4. The summed E-state index contributed by atoms with van der Waals surface area (Å²) in [5, 5.41) is 10.3. The molecular weight excluding hydrogens is 352 g/mol. The Morgan fingerprint density at radius 2 is 2.09 bits per heavy atom. The van der Waals surface area contributed by atoms with Gasteiger partial charge < -0.3 is 10.5 Å². The Morgan fingerprint density at radius 3 is 2.70 bits per heavy atom. The molecule has 0 aliphatic rings. The molecule has 120 valence electrons. The van der Waals surface area contributed by atoms with E-state index in [1.54, 1.807) is 18.7 Å². The summed E-state index contributed by atoms with van der Waals surface area (Å²) >= 11 is 8.58. The number of thioether (sulfide) groups is 1. The number of nitrogens with zero attached hydrogens (tertiary/aromatic N) is 1. The van der Waals surface area contributed by atoms with Crippen LogP contribution < -0.4 is 5.73 Å². The number of carbonyl (C=O) groups excluding carboxylic acids is 1. The van der Waals surface area contributed by atoms with Gasteiger partial charge in [-0.2, -0.15) is 17.0 Å². The Labute approximate surface area is 148 Å². The van der Waals surface area contributed by atoms with E-state index in [2.05, 4.69) is 6.07 Å². The molecule has 0 saturated carbocycles. The second-order valence-electron chi connectivity index (χ2n) is 4.60. The maximum absolute atomic E-state index is 12.0. The van der Waals surface area contributed by atoms with Crippen molar-refractivity contribution < 1.29 is 9.53 Å². The fourth-order valence-electron chi connectivity index (χ4n) is 1.96. The van der Waals surface area contributed by atoms with Crippen molar-refractivity contribution in [3.8, 4) is 6.07 Å². The first kappa shape index (κ1) is 17.7. The minimum atomic E-state index is -0.423. The zero-order valence-electron chi connectivity index (χ0n) is 12.5. The summed E-state index contributed by atoms with van der Waals surface area (Å²) in [5.74, 6) is 0.848. The van der Waals surface area contributed by atoms with Crippen LogP contribution in [0.4, 0.5) is 5.00 Å². The minimum Gasteiger partial charge on any atom is -0.462 e. The van der Waals surface area contributed by atoms with Crippen LogP contribution in [0.1, 0.15) is 33.3 Å². The smallest absolute Gasteiger partial charge is 0.348 e. The van der Waals surface area contributed by atoms with Gasteiger partial charge in [0.05, 0.1) is 12.2 Å². The normalized spacial score (nSPS) is 10.3. The molecule has 4 nitrogen and oxygen atoms in total. The van der Waals surface area contributed by atoms with Crippen LogP contribution in [0.5, 0.6) is 0 Å². The van der Waals surface area contributed by atoms with E-state index in [1.165, 1.54) is 0 Å². The summed E-state index contributed by atoms with van der Waals surface area (Å²) in [7, 11) is 0.